The van der Waals surface area contributed by atoms with E-state index < -0.39 is 0 Å². The molecule has 5 nitrogen and oxygen atoms in total. The first-order valence-corrected chi connectivity index (χ1v) is 9.37. The maximum atomic E-state index is 12.4. The van der Waals surface area contributed by atoms with Gasteiger partial charge in [0.25, 0.3) is 0 Å². The maximum absolute atomic E-state index is 12.4. The second-order valence-corrected chi connectivity index (χ2v) is 6.51. The van der Waals surface area contributed by atoms with Gasteiger partial charge in [-0.05, 0) is 30.4 Å². The van der Waals surface area contributed by atoms with Gasteiger partial charge in [0.2, 0.25) is 17.6 Å². The number of carbonyl (C=O) groups is 1. The molecule has 0 atom stereocenters. The van der Waals surface area contributed by atoms with Crippen molar-refractivity contribution >= 4 is 17.2 Å². The van der Waals surface area contributed by atoms with Gasteiger partial charge in [0.1, 0.15) is 0 Å². The van der Waals surface area contributed by atoms with Crippen LogP contribution in [0.4, 0.5) is 0 Å². The summed E-state index contributed by atoms with van der Waals surface area (Å²) in [7, 11) is 0. The van der Waals surface area contributed by atoms with Crippen molar-refractivity contribution in [1.29, 1.82) is 0 Å². The summed E-state index contributed by atoms with van der Waals surface area (Å²) in [6.45, 7) is 3.43. The average molecular weight is 355 g/mol. The molecule has 0 spiro atoms. The molecule has 130 valence electrons. The number of nitrogens with zero attached hydrogens (tertiary/aromatic N) is 3. The van der Waals surface area contributed by atoms with Crippen LogP contribution in [-0.4, -0.2) is 34.0 Å². The van der Waals surface area contributed by atoms with E-state index in [4.69, 9.17) is 4.52 Å². The van der Waals surface area contributed by atoms with Crippen LogP contribution in [0.25, 0.3) is 11.4 Å². The molecule has 25 heavy (non-hydrogen) atoms. The van der Waals surface area contributed by atoms with Crippen molar-refractivity contribution in [2.75, 3.05) is 13.1 Å². The zero-order valence-electron chi connectivity index (χ0n) is 14.2. The topological polar surface area (TPSA) is 59.2 Å². The molecule has 1 aromatic carbocycles. The molecule has 0 unspecified atom stereocenters. The van der Waals surface area contributed by atoms with Gasteiger partial charge in [-0.2, -0.15) is 16.3 Å². The highest BCUT2D eigenvalue weighted by Crippen LogP contribution is 2.19. The molecule has 0 saturated heterocycles. The molecular weight excluding hydrogens is 334 g/mol. The molecule has 1 amide bonds. The van der Waals surface area contributed by atoms with Gasteiger partial charge in [0, 0.05) is 36.9 Å². The first kappa shape index (κ1) is 17.4. The summed E-state index contributed by atoms with van der Waals surface area (Å²) >= 11 is 1.59. The van der Waals surface area contributed by atoms with Crippen LogP contribution in [0, 0.1) is 0 Å². The predicted molar refractivity (Wildman–Crippen MR) is 98.3 cm³/mol. The normalized spacial score (nSPS) is 10.8. The molecule has 0 aliphatic carbocycles. The second kappa shape index (κ2) is 8.58. The third kappa shape index (κ3) is 4.76. The first-order chi connectivity index (χ1) is 12.3. The Bertz CT molecular complexity index is 784. The molecule has 0 aliphatic heterocycles. The summed E-state index contributed by atoms with van der Waals surface area (Å²) in [6.07, 6.45) is 1.72. The summed E-state index contributed by atoms with van der Waals surface area (Å²) in [4.78, 5) is 18.7. The number of rotatable bonds is 8. The molecule has 6 heteroatoms. The van der Waals surface area contributed by atoms with E-state index in [1.807, 2.05) is 46.8 Å². The summed E-state index contributed by atoms with van der Waals surface area (Å²) < 4.78 is 5.25. The highest BCUT2D eigenvalue weighted by molar-refractivity contribution is 7.08. The highest BCUT2D eigenvalue weighted by Gasteiger charge is 2.15. The van der Waals surface area contributed by atoms with Crippen molar-refractivity contribution in [2.24, 2.45) is 0 Å². The van der Waals surface area contributed by atoms with Crippen LogP contribution in [-0.2, 0) is 17.6 Å². The number of hydrogen-bond acceptors (Lipinski definition) is 5. The van der Waals surface area contributed by atoms with Crippen LogP contribution >= 0.6 is 11.3 Å². The molecule has 0 N–H and O–H groups in total. The first-order valence-electron chi connectivity index (χ1n) is 8.43. The molecule has 0 fully saturated rings. The van der Waals surface area contributed by atoms with Gasteiger partial charge < -0.3 is 9.42 Å². The smallest absolute Gasteiger partial charge is 0.227 e. The largest absolute Gasteiger partial charge is 0.343 e. The van der Waals surface area contributed by atoms with Gasteiger partial charge in [-0.1, -0.05) is 35.5 Å². The average Bonchev–Trinajstić information content (AvgIpc) is 3.33. The van der Waals surface area contributed by atoms with Crippen LogP contribution < -0.4 is 0 Å². The molecular formula is C19H21N3O2S. The van der Waals surface area contributed by atoms with E-state index in [1.54, 1.807) is 11.3 Å². The summed E-state index contributed by atoms with van der Waals surface area (Å²) in [5, 5.41) is 7.92. The Labute approximate surface area is 151 Å². The van der Waals surface area contributed by atoms with Crippen LogP contribution in [0.3, 0.4) is 0 Å². The third-order valence-corrected chi connectivity index (χ3v) is 4.73. The number of carbonyl (C=O) groups excluding carboxylic acids is 1. The Hall–Kier alpha value is -2.47. The van der Waals surface area contributed by atoms with Gasteiger partial charge in [0.05, 0.1) is 0 Å². The van der Waals surface area contributed by atoms with Crippen LogP contribution in [0.5, 0.6) is 0 Å². The lowest BCUT2D eigenvalue weighted by atomic mass is 10.1. The zero-order valence-corrected chi connectivity index (χ0v) is 15.0. The van der Waals surface area contributed by atoms with Crippen LogP contribution in [0.15, 0.2) is 51.7 Å². The van der Waals surface area contributed by atoms with E-state index in [0.717, 1.165) is 18.5 Å². The number of hydrogen-bond donors (Lipinski definition) is 0. The van der Waals surface area contributed by atoms with Crippen molar-refractivity contribution in [1.82, 2.24) is 15.0 Å². The summed E-state index contributed by atoms with van der Waals surface area (Å²) in [5.74, 6) is 1.21. The number of amides is 1. The van der Waals surface area contributed by atoms with Gasteiger partial charge in [0.15, 0.2) is 0 Å². The number of aryl methyl sites for hydroxylation is 1. The van der Waals surface area contributed by atoms with Crippen molar-refractivity contribution in [3.05, 3.63) is 58.6 Å². The van der Waals surface area contributed by atoms with E-state index >= 15 is 0 Å². The molecule has 0 saturated carbocycles. The van der Waals surface area contributed by atoms with Gasteiger partial charge in [-0.3, -0.25) is 4.79 Å². The zero-order chi connectivity index (χ0) is 17.5. The molecule has 2 heterocycles. The monoisotopic (exact) mass is 355 g/mol. The minimum atomic E-state index is 0.119. The minimum absolute atomic E-state index is 0.119. The van der Waals surface area contributed by atoms with E-state index in [2.05, 4.69) is 22.3 Å². The van der Waals surface area contributed by atoms with Gasteiger partial charge >= 0.3 is 0 Å². The standard InChI is InChI=1S/C19H21N3O2S/c1-2-22(12-10-15-6-4-3-5-7-15)18(23)9-8-17-20-19(21-24-17)16-11-13-25-14-16/h3-7,11,13-14H,2,8-10,12H2,1H3. The second-order valence-electron chi connectivity index (χ2n) is 5.73. The van der Waals surface area contributed by atoms with Crippen molar-refractivity contribution in [2.45, 2.75) is 26.2 Å². The molecule has 0 radical (unpaired) electrons. The fraction of sp³-hybridized carbons (Fsp3) is 0.316. The van der Waals surface area contributed by atoms with E-state index in [9.17, 15) is 4.79 Å². The minimum Gasteiger partial charge on any atom is -0.343 e. The number of thiophene rings is 1. The Morgan fingerprint density at radius 3 is 2.76 bits per heavy atom. The van der Waals surface area contributed by atoms with Crippen LogP contribution in [0.1, 0.15) is 24.8 Å². The lowest BCUT2D eigenvalue weighted by molar-refractivity contribution is -0.131. The van der Waals surface area contributed by atoms with E-state index in [1.165, 1.54) is 5.56 Å². The number of benzene rings is 1. The molecule has 2 aromatic heterocycles. The summed E-state index contributed by atoms with van der Waals surface area (Å²) in [5.41, 5.74) is 2.19. The van der Waals surface area contributed by atoms with Crippen molar-refractivity contribution in [3.8, 4) is 11.4 Å². The Morgan fingerprint density at radius 1 is 1.20 bits per heavy atom. The highest BCUT2D eigenvalue weighted by atomic mass is 32.1. The lowest BCUT2D eigenvalue weighted by Crippen LogP contribution is -2.32. The SMILES string of the molecule is CCN(CCc1ccccc1)C(=O)CCc1nc(-c2ccsc2)no1. The van der Waals surface area contributed by atoms with E-state index in [0.29, 0.717) is 31.1 Å². The Morgan fingerprint density at radius 2 is 2.04 bits per heavy atom. The van der Waals surface area contributed by atoms with Crippen molar-refractivity contribution < 1.29 is 9.32 Å². The predicted octanol–water partition coefficient (Wildman–Crippen LogP) is 3.82. The lowest BCUT2D eigenvalue weighted by Gasteiger charge is -2.20. The van der Waals surface area contributed by atoms with Gasteiger partial charge in [-0.25, -0.2) is 0 Å². The van der Waals surface area contributed by atoms with Crippen LogP contribution in [0.2, 0.25) is 0 Å². The fourth-order valence-electron chi connectivity index (χ4n) is 2.61. The molecule has 0 aliphatic rings. The quantitative estimate of drug-likeness (QED) is 0.616. The summed E-state index contributed by atoms with van der Waals surface area (Å²) in [6, 6.07) is 12.2. The van der Waals surface area contributed by atoms with Gasteiger partial charge in [-0.15, -0.1) is 0 Å². The molecule has 3 rings (SSSR count). The Kier molecular flexibility index (Phi) is 5.95. The number of aromatic nitrogens is 2. The maximum Gasteiger partial charge on any atom is 0.227 e. The van der Waals surface area contributed by atoms with E-state index in [-0.39, 0.29) is 5.91 Å². The third-order valence-electron chi connectivity index (χ3n) is 4.05. The fourth-order valence-corrected chi connectivity index (χ4v) is 3.24. The molecule has 0 bridgehead atoms. The molecule has 3 aromatic rings. The van der Waals surface area contributed by atoms with Crippen molar-refractivity contribution in [3.63, 3.8) is 0 Å². The Balaban J connectivity index is 1.50. The number of likely N-dealkylation sites (N-methyl/N-ethyl adjacent to an activating group) is 1.